The highest BCUT2D eigenvalue weighted by Gasteiger charge is 2.14. The fourth-order valence-corrected chi connectivity index (χ4v) is 2.91. The first kappa shape index (κ1) is 19.0. The first-order chi connectivity index (χ1) is 11.4. The van der Waals surface area contributed by atoms with Gasteiger partial charge in [-0.1, -0.05) is 45.2 Å². The van der Waals surface area contributed by atoms with Crippen LogP contribution in [0.4, 0.5) is 0 Å². The van der Waals surface area contributed by atoms with Crippen molar-refractivity contribution in [1.29, 1.82) is 0 Å². The molecule has 2 rings (SSSR count). The van der Waals surface area contributed by atoms with E-state index in [4.69, 9.17) is 40.2 Å². The summed E-state index contributed by atoms with van der Waals surface area (Å²) in [6.07, 6.45) is 0. The maximum Gasteiger partial charge on any atom is 0.261 e. The Hall–Kier alpha value is -1.34. The molecule has 0 unspecified atom stereocenters. The van der Waals surface area contributed by atoms with Gasteiger partial charge in [0.2, 0.25) is 0 Å². The second kappa shape index (κ2) is 8.67. The second-order valence-corrected chi connectivity index (χ2v) is 6.88. The maximum absolute atomic E-state index is 12.3. The third-order valence-electron chi connectivity index (χ3n) is 3.09. The molecule has 4 nitrogen and oxygen atoms in total. The summed E-state index contributed by atoms with van der Waals surface area (Å²) < 4.78 is 5.95. The van der Waals surface area contributed by atoms with E-state index in [-0.39, 0.29) is 11.0 Å². The van der Waals surface area contributed by atoms with Crippen LogP contribution in [0.3, 0.4) is 0 Å². The molecular weight excluding hydrogens is 435 g/mol. The van der Waals surface area contributed by atoms with Crippen LogP contribution in [0.5, 0.6) is 5.75 Å². The van der Waals surface area contributed by atoms with Gasteiger partial charge in [-0.25, -0.2) is 0 Å². The van der Waals surface area contributed by atoms with Crippen LogP contribution < -0.4 is 15.4 Å². The third-order valence-corrected chi connectivity index (χ3v) is 4.41. The number of hydrogen-bond acceptors (Lipinski definition) is 3. The van der Waals surface area contributed by atoms with Crippen molar-refractivity contribution in [2.45, 2.75) is 6.54 Å². The summed E-state index contributed by atoms with van der Waals surface area (Å²) >= 11 is 20.4. The van der Waals surface area contributed by atoms with Gasteiger partial charge < -0.3 is 10.1 Å². The molecule has 2 aromatic rings. The lowest BCUT2D eigenvalue weighted by molar-refractivity contribution is 0.0973. The molecule has 8 heteroatoms. The Morgan fingerprint density at radius 1 is 1.25 bits per heavy atom. The highest BCUT2D eigenvalue weighted by atomic mass is 79.9. The van der Waals surface area contributed by atoms with E-state index in [1.807, 2.05) is 0 Å². The lowest BCUT2D eigenvalue weighted by Crippen LogP contribution is -2.39. The Morgan fingerprint density at radius 3 is 2.67 bits per heavy atom. The number of carbonyl (C=O) groups is 1. The van der Waals surface area contributed by atoms with Crippen molar-refractivity contribution in [2.75, 3.05) is 7.11 Å². The summed E-state index contributed by atoms with van der Waals surface area (Å²) in [4.78, 5) is 12.3. The fraction of sp³-hybridized carbons (Fsp3) is 0.125. The number of benzene rings is 2. The van der Waals surface area contributed by atoms with Crippen molar-refractivity contribution in [3.63, 3.8) is 0 Å². The first-order valence-corrected chi connectivity index (χ1v) is 8.73. The predicted octanol–water partition coefficient (Wildman–Crippen LogP) is 4.57. The summed E-state index contributed by atoms with van der Waals surface area (Å²) in [5.41, 5.74) is 1.19. The minimum atomic E-state index is -0.368. The molecule has 0 aromatic heterocycles. The molecule has 2 aromatic carbocycles. The molecule has 0 fully saturated rings. The van der Waals surface area contributed by atoms with Gasteiger partial charge in [-0.05, 0) is 48.1 Å². The third kappa shape index (κ3) is 5.08. The zero-order valence-corrected chi connectivity index (χ0v) is 16.4. The minimum Gasteiger partial charge on any atom is -0.496 e. The van der Waals surface area contributed by atoms with Gasteiger partial charge in [-0.15, -0.1) is 0 Å². The van der Waals surface area contributed by atoms with E-state index in [2.05, 4.69) is 26.6 Å². The van der Waals surface area contributed by atoms with E-state index in [9.17, 15) is 4.79 Å². The molecule has 0 bridgehead atoms. The number of ether oxygens (including phenoxy) is 1. The number of amides is 1. The molecule has 1 amide bonds. The quantitative estimate of drug-likeness (QED) is 0.674. The smallest absolute Gasteiger partial charge is 0.261 e. The molecule has 2 N–H and O–H groups in total. The van der Waals surface area contributed by atoms with E-state index in [0.29, 0.717) is 27.9 Å². The molecule has 0 aliphatic carbocycles. The van der Waals surface area contributed by atoms with Crippen molar-refractivity contribution in [2.24, 2.45) is 0 Å². The van der Waals surface area contributed by atoms with Crippen LogP contribution in [0.15, 0.2) is 40.9 Å². The van der Waals surface area contributed by atoms with Crippen LogP contribution in [0.1, 0.15) is 15.9 Å². The standard InChI is InChI=1S/C16H13BrCl2N2O2S/c1-23-14-5-3-10(17)6-12(14)15(22)21-16(24)20-8-9-2-4-11(18)7-13(9)19/h2-7H,8H2,1H3,(H2,20,21,22,24). The Bertz CT molecular complexity index is 787. The molecule has 0 aliphatic heterocycles. The van der Waals surface area contributed by atoms with E-state index >= 15 is 0 Å². The van der Waals surface area contributed by atoms with Gasteiger partial charge in [-0.2, -0.15) is 0 Å². The average Bonchev–Trinajstić information content (AvgIpc) is 2.54. The van der Waals surface area contributed by atoms with Crippen LogP contribution in [0, 0.1) is 0 Å². The highest BCUT2D eigenvalue weighted by molar-refractivity contribution is 9.10. The summed E-state index contributed by atoms with van der Waals surface area (Å²) in [5.74, 6) is 0.0899. The van der Waals surface area contributed by atoms with E-state index in [1.165, 1.54) is 7.11 Å². The van der Waals surface area contributed by atoms with Gasteiger partial charge in [0.05, 0.1) is 12.7 Å². The molecule has 0 heterocycles. The van der Waals surface area contributed by atoms with Crippen molar-refractivity contribution in [3.8, 4) is 5.75 Å². The van der Waals surface area contributed by atoms with Gasteiger partial charge in [0.15, 0.2) is 5.11 Å². The van der Waals surface area contributed by atoms with Crippen molar-refractivity contribution in [1.82, 2.24) is 10.6 Å². The normalized spacial score (nSPS) is 10.2. The van der Waals surface area contributed by atoms with Crippen LogP contribution >= 0.6 is 51.3 Å². The molecule has 24 heavy (non-hydrogen) atoms. The Labute approximate surface area is 163 Å². The number of nitrogens with one attached hydrogen (secondary N) is 2. The van der Waals surface area contributed by atoms with Crippen LogP contribution in [0.2, 0.25) is 10.0 Å². The van der Waals surface area contributed by atoms with Crippen LogP contribution in [-0.4, -0.2) is 18.1 Å². The van der Waals surface area contributed by atoms with Crippen molar-refractivity contribution in [3.05, 3.63) is 62.0 Å². The molecule has 126 valence electrons. The van der Waals surface area contributed by atoms with Crippen molar-refractivity contribution < 1.29 is 9.53 Å². The molecule has 0 saturated heterocycles. The SMILES string of the molecule is COc1ccc(Br)cc1C(=O)NC(=S)NCc1ccc(Cl)cc1Cl. The number of halogens is 3. The van der Waals surface area contributed by atoms with Gasteiger partial charge in [0, 0.05) is 21.1 Å². The Kier molecular flexibility index (Phi) is 6.86. The zero-order valence-electron chi connectivity index (χ0n) is 12.5. The minimum absolute atomic E-state index is 0.188. The largest absolute Gasteiger partial charge is 0.496 e. The second-order valence-electron chi connectivity index (χ2n) is 4.72. The Morgan fingerprint density at radius 2 is 2.00 bits per heavy atom. The predicted molar refractivity (Wildman–Crippen MR) is 104 cm³/mol. The molecular formula is C16H13BrCl2N2O2S. The molecule has 0 aliphatic rings. The van der Waals surface area contributed by atoms with Crippen molar-refractivity contribution >= 4 is 62.4 Å². The van der Waals surface area contributed by atoms with Gasteiger partial charge in [-0.3, -0.25) is 10.1 Å². The Balaban J connectivity index is 1.99. The van der Waals surface area contributed by atoms with Gasteiger partial charge in [0.1, 0.15) is 5.75 Å². The van der Waals surface area contributed by atoms with E-state index < -0.39 is 0 Å². The number of rotatable bonds is 4. The zero-order chi connectivity index (χ0) is 17.7. The summed E-state index contributed by atoms with van der Waals surface area (Å²) in [5, 5.41) is 6.81. The molecule has 0 atom stereocenters. The van der Waals surface area contributed by atoms with E-state index in [1.54, 1.807) is 36.4 Å². The van der Waals surface area contributed by atoms with Gasteiger partial charge >= 0.3 is 0 Å². The summed E-state index contributed by atoms with van der Waals surface area (Å²) in [6, 6.07) is 10.3. The number of hydrogen-bond donors (Lipinski definition) is 2. The van der Waals surface area contributed by atoms with Crippen LogP contribution in [-0.2, 0) is 6.54 Å². The average molecular weight is 448 g/mol. The first-order valence-electron chi connectivity index (χ1n) is 6.77. The van der Waals surface area contributed by atoms with E-state index in [0.717, 1.165) is 10.0 Å². The number of methoxy groups -OCH3 is 1. The number of carbonyl (C=O) groups excluding carboxylic acids is 1. The summed E-state index contributed by atoms with van der Waals surface area (Å²) in [6.45, 7) is 0.366. The molecule has 0 saturated carbocycles. The van der Waals surface area contributed by atoms with Gasteiger partial charge in [0.25, 0.3) is 5.91 Å². The monoisotopic (exact) mass is 446 g/mol. The topological polar surface area (TPSA) is 50.4 Å². The lowest BCUT2D eigenvalue weighted by Gasteiger charge is -2.12. The fourth-order valence-electron chi connectivity index (χ4n) is 1.91. The maximum atomic E-state index is 12.3. The number of thiocarbonyl (C=S) groups is 1. The highest BCUT2D eigenvalue weighted by Crippen LogP contribution is 2.23. The lowest BCUT2D eigenvalue weighted by atomic mass is 10.2. The summed E-state index contributed by atoms with van der Waals surface area (Å²) in [7, 11) is 1.50. The molecule has 0 spiro atoms. The van der Waals surface area contributed by atoms with Crippen LogP contribution in [0.25, 0.3) is 0 Å². The molecule has 0 radical (unpaired) electrons.